The summed E-state index contributed by atoms with van der Waals surface area (Å²) < 4.78 is 12.0. The van der Waals surface area contributed by atoms with Crippen molar-refractivity contribution in [1.29, 1.82) is 0 Å². The van der Waals surface area contributed by atoms with Gasteiger partial charge in [0.25, 0.3) is 0 Å². The molecule has 4 aliphatic rings. The van der Waals surface area contributed by atoms with Crippen LogP contribution in [0, 0.1) is 11.8 Å². The first-order valence-electron chi connectivity index (χ1n) is 12.9. The summed E-state index contributed by atoms with van der Waals surface area (Å²) in [4.78, 5) is 44.3. The number of ether oxygens (including phenoxy) is 2. The predicted molar refractivity (Wildman–Crippen MR) is 126 cm³/mol. The molecule has 8 heteroatoms. The maximum Gasteiger partial charge on any atom is 0.312 e. The molecule has 1 unspecified atom stereocenters. The summed E-state index contributed by atoms with van der Waals surface area (Å²) in [6.45, 7) is 4.11. The van der Waals surface area contributed by atoms with Crippen molar-refractivity contribution < 1.29 is 29.0 Å². The highest BCUT2D eigenvalue weighted by Gasteiger charge is 2.71. The number of fused-ring (bicyclic) bond motifs is 2. The number of hydrogen-bond donors (Lipinski definition) is 1. The molecule has 2 fully saturated rings. The first-order chi connectivity index (χ1) is 16.5. The Kier molecular flexibility index (Phi) is 8.09. The van der Waals surface area contributed by atoms with Gasteiger partial charge in [0.2, 0.25) is 11.8 Å². The van der Waals surface area contributed by atoms with Crippen molar-refractivity contribution in [3.05, 3.63) is 24.3 Å². The van der Waals surface area contributed by atoms with Crippen LogP contribution in [0.2, 0.25) is 0 Å². The molecule has 4 rings (SSSR count). The number of hydrogen-bond acceptors (Lipinski definition) is 6. The average molecular weight is 475 g/mol. The highest BCUT2D eigenvalue weighted by atomic mass is 16.6. The number of aliphatic hydroxyl groups excluding tert-OH is 1. The van der Waals surface area contributed by atoms with Gasteiger partial charge in [-0.2, -0.15) is 0 Å². The van der Waals surface area contributed by atoms with E-state index in [0.717, 1.165) is 44.9 Å². The van der Waals surface area contributed by atoms with Gasteiger partial charge in [0.1, 0.15) is 17.6 Å². The van der Waals surface area contributed by atoms with E-state index >= 15 is 0 Å². The van der Waals surface area contributed by atoms with Gasteiger partial charge >= 0.3 is 5.97 Å². The predicted octanol–water partition coefficient (Wildman–Crippen LogP) is 2.21. The molecule has 4 aliphatic heterocycles. The van der Waals surface area contributed by atoms with E-state index in [1.54, 1.807) is 4.90 Å². The average Bonchev–Trinajstić information content (AvgIpc) is 3.19. The summed E-state index contributed by atoms with van der Waals surface area (Å²) in [5.74, 6) is -2.24. The van der Waals surface area contributed by atoms with E-state index in [4.69, 9.17) is 14.6 Å². The van der Waals surface area contributed by atoms with Crippen LogP contribution in [-0.4, -0.2) is 83.3 Å². The van der Waals surface area contributed by atoms with Gasteiger partial charge in [0, 0.05) is 26.2 Å². The van der Waals surface area contributed by atoms with Crippen molar-refractivity contribution in [2.24, 2.45) is 11.8 Å². The Balaban J connectivity index is 1.66. The summed E-state index contributed by atoms with van der Waals surface area (Å²) in [5, 5.41) is 9.06. The van der Waals surface area contributed by atoms with Crippen LogP contribution in [0.15, 0.2) is 24.3 Å². The van der Waals surface area contributed by atoms with E-state index < -0.39 is 35.6 Å². The lowest BCUT2D eigenvalue weighted by molar-refractivity contribution is -0.155. The molecule has 0 saturated carbocycles. The molecule has 1 spiro atoms. The van der Waals surface area contributed by atoms with Crippen molar-refractivity contribution >= 4 is 17.8 Å². The number of esters is 1. The Hall–Kier alpha value is -2.19. The molecule has 188 valence electrons. The molecule has 0 aromatic rings. The van der Waals surface area contributed by atoms with E-state index in [0.29, 0.717) is 26.1 Å². The molecule has 0 aliphatic carbocycles. The number of carbonyl (C=O) groups excluding carboxylic acids is 3. The lowest BCUT2D eigenvalue weighted by Crippen LogP contribution is -2.55. The quantitative estimate of drug-likeness (QED) is 0.296. The monoisotopic (exact) mass is 474 g/mol. The van der Waals surface area contributed by atoms with E-state index in [1.165, 1.54) is 0 Å². The van der Waals surface area contributed by atoms with E-state index in [1.807, 2.05) is 29.2 Å². The molecule has 1 N–H and O–H groups in total. The zero-order valence-electron chi connectivity index (χ0n) is 20.2. The summed E-state index contributed by atoms with van der Waals surface area (Å²) in [5.41, 5.74) is -1.16. The Morgan fingerprint density at radius 3 is 2.62 bits per heavy atom. The van der Waals surface area contributed by atoms with Crippen molar-refractivity contribution in [2.45, 2.75) is 76.0 Å². The van der Waals surface area contributed by atoms with Crippen molar-refractivity contribution in [1.82, 2.24) is 9.80 Å². The van der Waals surface area contributed by atoms with Gasteiger partial charge < -0.3 is 24.4 Å². The van der Waals surface area contributed by atoms with E-state index in [-0.39, 0.29) is 25.0 Å². The summed E-state index contributed by atoms with van der Waals surface area (Å²) in [6.07, 6.45) is 13.8. The lowest BCUT2D eigenvalue weighted by Gasteiger charge is -2.35. The standard InChI is InChI=1S/C26H38N2O6/c1-2-3-7-14-27-15-11-13-26-21(20-19(34-26)12-6-10-18-33-25(20)32)23(30)28(22(26)24(27)31)16-8-4-5-9-17-29/h6,11-13,19-22,29H,2-5,7-10,14-18H2,1H3/t19-,20+,21+,22?,26+/m1/s1. The summed E-state index contributed by atoms with van der Waals surface area (Å²) >= 11 is 0. The third-order valence-corrected chi connectivity index (χ3v) is 7.54. The zero-order valence-corrected chi connectivity index (χ0v) is 20.2. The Morgan fingerprint density at radius 2 is 1.82 bits per heavy atom. The van der Waals surface area contributed by atoms with Crippen LogP contribution < -0.4 is 0 Å². The van der Waals surface area contributed by atoms with Gasteiger partial charge in [-0.25, -0.2) is 0 Å². The van der Waals surface area contributed by atoms with Gasteiger partial charge in [0.05, 0.1) is 18.6 Å². The molecular weight excluding hydrogens is 436 g/mol. The fourth-order valence-corrected chi connectivity index (χ4v) is 5.89. The first kappa shape index (κ1) is 24.9. The van der Waals surface area contributed by atoms with Gasteiger partial charge in [-0.05, 0) is 25.7 Å². The second-order valence-electron chi connectivity index (χ2n) is 9.79. The number of rotatable bonds is 10. The second kappa shape index (κ2) is 11.0. The topological polar surface area (TPSA) is 96.4 Å². The Labute approximate surface area is 201 Å². The molecule has 0 radical (unpaired) electrons. The van der Waals surface area contributed by atoms with Crippen LogP contribution in [0.4, 0.5) is 0 Å². The van der Waals surface area contributed by atoms with Crippen LogP contribution in [0.3, 0.4) is 0 Å². The van der Waals surface area contributed by atoms with Crippen molar-refractivity contribution in [3.8, 4) is 0 Å². The largest absolute Gasteiger partial charge is 0.465 e. The molecule has 2 saturated heterocycles. The van der Waals surface area contributed by atoms with Gasteiger partial charge in [0.15, 0.2) is 0 Å². The van der Waals surface area contributed by atoms with Gasteiger partial charge in [-0.1, -0.05) is 56.9 Å². The molecule has 34 heavy (non-hydrogen) atoms. The normalized spacial score (nSPS) is 32.7. The first-order valence-corrected chi connectivity index (χ1v) is 12.9. The third kappa shape index (κ3) is 4.54. The maximum absolute atomic E-state index is 13.9. The fourth-order valence-electron chi connectivity index (χ4n) is 5.89. The van der Waals surface area contributed by atoms with Crippen LogP contribution in [0.1, 0.15) is 58.3 Å². The number of carbonyl (C=O) groups is 3. The van der Waals surface area contributed by atoms with Gasteiger partial charge in [-0.3, -0.25) is 14.4 Å². The lowest BCUT2D eigenvalue weighted by atomic mass is 9.77. The SMILES string of the molecule is CCCCCN1CC=C[C@]23O[C@@H]4C=CCCOC(=O)[C@@H]4[C@H]2C(=O)N(CCCCCCO)C3C1=O. The Morgan fingerprint density at radius 1 is 1.03 bits per heavy atom. The summed E-state index contributed by atoms with van der Waals surface area (Å²) in [7, 11) is 0. The number of likely N-dealkylation sites (tertiary alicyclic amines) is 1. The molecule has 0 aromatic carbocycles. The third-order valence-electron chi connectivity index (χ3n) is 7.54. The van der Waals surface area contributed by atoms with Crippen LogP contribution in [0.5, 0.6) is 0 Å². The van der Waals surface area contributed by atoms with Crippen LogP contribution >= 0.6 is 0 Å². The van der Waals surface area contributed by atoms with Crippen LogP contribution in [0.25, 0.3) is 0 Å². The van der Waals surface area contributed by atoms with Gasteiger partial charge in [-0.15, -0.1) is 0 Å². The molecule has 0 aromatic heterocycles. The molecule has 8 nitrogen and oxygen atoms in total. The molecule has 0 bridgehead atoms. The molecular formula is C26H38N2O6. The minimum absolute atomic E-state index is 0.0982. The summed E-state index contributed by atoms with van der Waals surface area (Å²) in [6, 6.07) is -0.780. The zero-order chi connectivity index (χ0) is 24.1. The number of cyclic esters (lactones) is 1. The van der Waals surface area contributed by atoms with Crippen LogP contribution in [-0.2, 0) is 23.9 Å². The fraction of sp³-hybridized carbons (Fsp3) is 0.731. The minimum atomic E-state index is -1.16. The maximum atomic E-state index is 13.9. The highest BCUT2D eigenvalue weighted by Crippen LogP contribution is 2.53. The Bertz CT molecular complexity index is 826. The van der Waals surface area contributed by atoms with Crippen molar-refractivity contribution in [2.75, 3.05) is 32.8 Å². The van der Waals surface area contributed by atoms with Crippen molar-refractivity contribution in [3.63, 3.8) is 0 Å². The molecule has 5 atom stereocenters. The number of nitrogens with zero attached hydrogens (tertiary/aromatic N) is 2. The number of amides is 2. The van der Waals surface area contributed by atoms with E-state index in [2.05, 4.69) is 6.92 Å². The number of aliphatic hydroxyl groups is 1. The number of unbranched alkanes of at least 4 members (excludes halogenated alkanes) is 5. The highest BCUT2D eigenvalue weighted by molar-refractivity contribution is 5.99. The minimum Gasteiger partial charge on any atom is -0.465 e. The smallest absolute Gasteiger partial charge is 0.312 e. The van der Waals surface area contributed by atoms with E-state index in [9.17, 15) is 14.4 Å². The molecule has 2 amide bonds. The molecule has 4 heterocycles. The second-order valence-corrected chi connectivity index (χ2v) is 9.79.